The minimum Gasteiger partial charge on any atom is -0.493 e. The van der Waals surface area contributed by atoms with Gasteiger partial charge in [0.05, 0.1) is 19.3 Å². The summed E-state index contributed by atoms with van der Waals surface area (Å²) in [5.74, 6) is 0.582. The Balaban J connectivity index is 1.30. The van der Waals surface area contributed by atoms with Crippen LogP contribution in [-0.2, 0) is 6.54 Å². The number of ether oxygens (including phenoxy) is 1. The molecule has 1 saturated carbocycles. The van der Waals surface area contributed by atoms with E-state index in [-0.39, 0.29) is 23.5 Å². The topological polar surface area (TPSA) is 101 Å². The lowest BCUT2D eigenvalue weighted by Gasteiger charge is -2.17. The molecule has 1 fully saturated rings. The molecule has 1 aliphatic carbocycles. The van der Waals surface area contributed by atoms with Crippen molar-refractivity contribution in [1.82, 2.24) is 25.4 Å². The van der Waals surface area contributed by atoms with Crippen LogP contribution in [0.15, 0.2) is 55.0 Å². The molecule has 2 heterocycles. The summed E-state index contributed by atoms with van der Waals surface area (Å²) in [7, 11) is 0. The highest BCUT2D eigenvalue weighted by Crippen LogP contribution is 2.30. The zero-order valence-electron chi connectivity index (χ0n) is 20.5. The van der Waals surface area contributed by atoms with E-state index in [4.69, 9.17) is 4.74 Å². The van der Waals surface area contributed by atoms with Gasteiger partial charge in [-0.1, -0.05) is 18.2 Å². The van der Waals surface area contributed by atoms with Crippen molar-refractivity contribution in [3.63, 3.8) is 0 Å². The quantitative estimate of drug-likeness (QED) is 0.333. The number of hydrogen-bond donors (Lipinski definition) is 3. The lowest BCUT2D eigenvalue weighted by atomic mass is 10.1. The van der Waals surface area contributed by atoms with Crippen LogP contribution in [0.25, 0.3) is 6.08 Å². The van der Waals surface area contributed by atoms with Gasteiger partial charge in [0.1, 0.15) is 23.5 Å². The van der Waals surface area contributed by atoms with Crippen molar-refractivity contribution in [2.75, 3.05) is 13.2 Å². The number of aliphatic hydroxyl groups excluding tert-OH is 1. The number of benzene rings is 1. The van der Waals surface area contributed by atoms with E-state index in [0.29, 0.717) is 42.5 Å². The summed E-state index contributed by atoms with van der Waals surface area (Å²) in [6.45, 7) is 5.19. The molecule has 0 saturated heterocycles. The third kappa shape index (κ3) is 7.22. The van der Waals surface area contributed by atoms with Crippen LogP contribution in [0.2, 0.25) is 0 Å². The first-order valence-corrected chi connectivity index (χ1v) is 12.2. The second kappa shape index (κ2) is 11.9. The second-order valence-corrected chi connectivity index (χ2v) is 9.03. The van der Waals surface area contributed by atoms with Crippen molar-refractivity contribution in [3.8, 4) is 5.75 Å². The molecule has 9 heteroatoms. The van der Waals surface area contributed by atoms with E-state index < -0.39 is 6.23 Å². The number of aromatic nitrogens is 3. The predicted molar refractivity (Wildman–Crippen MR) is 135 cm³/mol. The fourth-order valence-corrected chi connectivity index (χ4v) is 3.62. The van der Waals surface area contributed by atoms with Crippen molar-refractivity contribution in [2.45, 2.75) is 45.5 Å². The molecular weight excluding hydrogens is 461 g/mol. The third-order valence-electron chi connectivity index (χ3n) is 5.86. The van der Waals surface area contributed by atoms with Crippen molar-refractivity contribution in [2.24, 2.45) is 5.92 Å². The third-order valence-corrected chi connectivity index (χ3v) is 5.86. The maximum Gasteiger partial charge on any atom is 0.269 e. The van der Waals surface area contributed by atoms with Gasteiger partial charge in [-0.25, -0.2) is 4.39 Å². The summed E-state index contributed by atoms with van der Waals surface area (Å²) >= 11 is 0. The average molecular weight is 494 g/mol. The summed E-state index contributed by atoms with van der Waals surface area (Å²) in [5, 5.41) is 20.6. The summed E-state index contributed by atoms with van der Waals surface area (Å²) in [6.07, 6.45) is 10.2. The fraction of sp³-hybridized carbons (Fsp3) is 0.370. The van der Waals surface area contributed by atoms with Crippen LogP contribution in [0.5, 0.6) is 5.75 Å². The highest BCUT2D eigenvalue weighted by atomic mass is 19.1. The van der Waals surface area contributed by atoms with Gasteiger partial charge in [0, 0.05) is 42.2 Å². The first-order valence-electron chi connectivity index (χ1n) is 12.2. The van der Waals surface area contributed by atoms with E-state index in [9.17, 15) is 14.3 Å². The first-order chi connectivity index (χ1) is 17.4. The molecule has 1 aliphatic rings. The lowest BCUT2D eigenvalue weighted by Crippen LogP contribution is -2.29. The highest BCUT2D eigenvalue weighted by molar-refractivity contribution is 5.92. The maximum absolute atomic E-state index is 14.5. The van der Waals surface area contributed by atoms with E-state index >= 15 is 0 Å². The number of nitrogens with zero attached hydrogens (tertiary/aromatic N) is 3. The van der Waals surface area contributed by atoms with Gasteiger partial charge in [0.2, 0.25) is 0 Å². The maximum atomic E-state index is 14.5. The van der Waals surface area contributed by atoms with Crippen LogP contribution < -0.4 is 15.4 Å². The number of halogens is 1. The van der Waals surface area contributed by atoms with Gasteiger partial charge in [-0.2, -0.15) is 5.10 Å². The molecule has 8 nitrogen and oxygen atoms in total. The molecule has 0 aliphatic heterocycles. The first kappa shape index (κ1) is 25.5. The second-order valence-electron chi connectivity index (χ2n) is 9.03. The standard InChI is InChI=1S/C27H32FN5O3/c1-3-29-27(35)25-12-21(10-11-30-25)26(34)32-18(2)4-5-20-14-31-33(15-20)16-22-8-9-23(13-24(22)28)36-17-19-6-7-19/h4-5,8-15,18-19,26,32,34H,3,6-7,16-17H2,1-2H3,(H,29,35)/b5-4+/t18-,26?/m0/s1. The van der Waals surface area contributed by atoms with Crippen LogP contribution in [-0.4, -0.2) is 45.0 Å². The Labute approximate surface area is 210 Å². The molecule has 4 rings (SSSR count). The van der Waals surface area contributed by atoms with Crippen molar-refractivity contribution >= 4 is 12.0 Å². The molecule has 0 bridgehead atoms. The van der Waals surface area contributed by atoms with E-state index in [1.807, 2.05) is 32.2 Å². The van der Waals surface area contributed by atoms with Crippen LogP contribution in [0.1, 0.15) is 60.1 Å². The fourth-order valence-electron chi connectivity index (χ4n) is 3.62. The summed E-state index contributed by atoms with van der Waals surface area (Å²) in [6, 6.07) is 8.01. The number of nitrogens with one attached hydrogen (secondary N) is 2. The molecule has 36 heavy (non-hydrogen) atoms. The molecule has 2 aromatic heterocycles. The minimum atomic E-state index is -0.970. The molecule has 1 unspecified atom stereocenters. The molecule has 3 N–H and O–H groups in total. The predicted octanol–water partition coefficient (Wildman–Crippen LogP) is 3.69. The Morgan fingerprint density at radius 1 is 1.33 bits per heavy atom. The normalized spacial score (nSPS) is 15.1. The van der Waals surface area contributed by atoms with Gasteiger partial charge in [0.15, 0.2) is 0 Å². The SMILES string of the molecule is CCNC(=O)c1cc(C(O)N[C@@H](C)/C=C/c2cnn(Cc3ccc(OCC4CC4)cc3F)c2)ccn1. The number of aliphatic hydroxyl groups is 1. The summed E-state index contributed by atoms with van der Waals surface area (Å²) < 4.78 is 21.8. The summed E-state index contributed by atoms with van der Waals surface area (Å²) in [4.78, 5) is 16.0. The van der Waals surface area contributed by atoms with Crippen molar-refractivity contribution < 1.29 is 19.0 Å². The monoisotopic (exact) mass is 493 g/mol. The van der Waals surface area contributed by atoms with Gasteiger partial charge in [-0.3, -0.25) is 19.8 Å². The van der Waals surface area contributed by atoms with Gasteiger partial charge in [0.25, 0.3) is 5.91 Å². The number of amides is 1. The van der Waals surface area contributed by atoms with Crippen LogP contribution in [0, 0.1) is 11.7 Å². The number of pyridine rings is 1. The molecule has 190 valence electrons. The van der Waals surface area contributed by atoms with E-state index in [1.165, 1.54) is 25.1 Å². The van der Waals surface area contributed by atoms with Gasteiger partial charge in [-0.15, -0.1) is 0 Å². The molecule has 0 spiro atoms. The van der Waals surface area contributed by atoms with Crippen LogP contribution in [0.4, 0.5) is 4.39 Å². The number of rotatable bonds is 12. The summed E-state index contributed by atoms with van der Waals surface area (Å²) in [5.41, 5.74) is 2.19. The van der Waals surface area contributed by atoms with E-state index in [2.05, 4.69) is 20.7 Å². The number of hydrogen-bond acceptors (Lipinski definition) is 6. The Hall–Kier alpha value is -3.56. The van der Waals surface area contributed by atoms with Gasteiger partial charge < -0.3 is 15.2 Å². The Kier molecular flexibility index (Phi) is 8.45. The number of carbonyl (C=O) groups is 1. The van der Waals surface area contributed by atoms with Gasteiger partial charge in [-0.05, 0) is 56.4 Å². The van der Waals surface area contributed by atoms with Crippen molar-refractivity contribution in [3.05, 3.63) is 83.2 Å². The van der Waals surface area contributed by atoms with E-state index in [1.54, 1.807) is 35.1 Å². The zero-order chi connectivity index (χ0) is 25.5. The molecule has 0 radical (unpaired) electrons. The Bertz CT molecular complexity index is 1210. The minimum absolute atomic E-state index is 0.176. The largest absolute Gasteiger partial charge is 0.493 e. The number of carbonyl (C=O) groups excluding carboxylic acids is 1. The van der Waals surface area contributed by atoms with Crippen LogP contribution in [0.3, 0.4) is 0 Å². The van der Waals surface area contributed by atoms with Crippen molar-refractivity contribution in [1.29, 1.82) is 0 Å². The zero-order valence-corrected chi connectivity index (χ0v) is 20.5. The molecular formula is C27H32FN5O3. The molecule has 3 aromatic rings. The molecule has 1 amide bonds. The lowest BCUT2D eigenvalue weighted by molar-refractivity contribution is 0.0950. The van der Waals surface area contributed by atoms with Gasteiger partial charge >= 0.3 is 0 Å². The average Bonchev–Trinajstić information content (AvgIpc) is 3.60. The Morgan fingerprint density at radius 3 is 2.92 bits per heavy atom. The highest BCUT2D eigenvalue weighted by Gasteiger charge is 2.22. The Morgan fingerprint density at radius 2 is 2.17 bits per heavy atom. The molecule has 2 atom stereocenters. The van der Waals surface area contributed by atoms with E-state index in [0.717, 1.165) is 5.56 Å². The smallest absolute Gasteiger partial charge is 0.269 e. The molecule has 1 aromatic carbocycles. The van der Waals surface area contributed by atoms with Crippen LogP contribution >= 0.6 is 0 Å².